The predicted molar refractivity (Wildman–Crippen MR) is 113 cm³/mol. The second-order valence-corrected chi connectivity index (χ2v) is 7.85. The van der Waals surface area contributed by atoms with Crippen LogP contribution in [-0.2, 0) is 4.79 Å². The van der Waals surface area contributed by atoms with E-state index in [1.165, 1.54) is 11.1 Å². The van der Waals surface area contributed by atoms with Crippen LogP contribution < -0.4 is 10.1 Å². The molecule has 1 aliphatic heterocycles. The molecule has 2 unspecified atom stereocenters. The second kappa shape index (κ2) is 11.3. The number of aryl methyl sites for hydroxylation is 1. The Bertz CT molecular complexity index is 588. The third-order valence-electron chi connectivity index (χ3n) is 5.62. The van der Waals surface area contributed by atoms with Gasteiger partial charge >= 0.3 is 0 Å². The average molecular weight is 375 g/mol. The van der Waals surface area contributed by atoms with E-state index in [1.807, 2.05) is 0 Å². The summed E-state index contributed by atoms with van der Waals surface area (Å²) in [4.78, 5) is 14.6. The molecule has 1 fully saturated rings. The second-order valence-electron chi connectivity index (χ2n) is 7.85. The van der Waals surface area contributed by atoms with E-state index in [1.54, 1.807) is 0 Å². The molecule has 1 N–H and O–H groups in total. The Morgan fingerprint density at radius 3 is 2.67 bits per heavy atom. The van der Waals surface area contributed by atoms with E-state index in [4.69, 9.17) is 4.74 Å². The minimum atomic E-state index is 0.165. The van der Waals surface area contributed by atoms with Gasteiger partial charge in [0.05, 0.1) is 13.2 Å². The fourth-order valence-electron chi connectivity index (χ4n) is 3.90. The molecule has 4 nitrogen and oxygen atoms in total. The maximum Gasteiger partial charge on any atom is 0.234 e. The number of amides is 1. The van der Waals surface area contributed by atoms with Crippen molar-refractivity contribution in [3.05, 3.63) is 29.3 Å². The summed E-state index contributed by atoms with van der Waals surface area (Å²) in [5.74, 6) is 1.67. The Kier molecular flexibility index (Phi) is 9.12. The number of carbonyl (C=O) groups excluding carboxylic acids is 1. The van der Waals surface area contributed by atoms with Crippen molar-refractivity contribution in [2.45, 2.75) is 78.2 Å². The van der Waals surface area contributed by atoms with Crippen LogP contribution in [0.15, 0.2) is 18.2 Å². The molecule has 152 valence electrons. The molecule has 1 aromatic carbocycles. The van der Waals surface area contributed by atoms with Crippen molar-refractivity contribution >= 4 is 5.91 Å². The van der Waals surface area contributed by atoms with Gasteiger partial charge in [0.25, 0.3) is 0 Å². The quantitative estimate of drug-likeness (QED) is 0.573. The van der Waals surface area contributed by atoms with Crippen molar-refractivity contribution < 1.29 is 9.53 Å². The van der Waals surface area contributed by atoms with E-state index in [0.29, 0.717) is 18.5 Å². The summed E-state index contributed by atoms with van der Waals surface area (Å²) in [6.45, 7) is 11.8. The van der Waals surface area contributed by atoms with Crippen LogP contribution in [0.5, 0.6) is 5.75 Å². The molecule has 0 radical (unpaired) electrons. The van der Waals surface area contributed by atoms with Crippen LogP contribution in [0.1, 0.15) is 76.3 Å². The van der Waals surface area contributed by atoms with Crippen LogP contribution in [0.2, 0.25) is 0 Å². The monoisotopic (exact) mass is 374 g/mol. The lowest BCUT2D eigenvalue weighted by atomic mass is 9.94. The standard InChI is InChI=1S/C23H38N2O2/c1-5-8-12-24-23(26)17-25-16-20(15-21(25)7-3)19-10-11-22(18(4)14-19)27-13-9-6-2/h10-11,14,20-21H,5-9,12-13,15-17H2,1-4H3,(H,24,26). The highest BCUT2D eigenvalue weighted by atomic mass is 16.5. The van der Waals surface area contributed by atoms with Crippen LogP contribution in [0.4, 0.5) is 0 Å². The number of benzene rings is 1. The fourth-order valence-corrected chi connectivity index (χ4v) is 3.90. The van der Waals surface area contributed by atoms with Gasteiger partial charge in [-0.15, -0.1) is 0 Å². The molecule has 27 heavy (non-hydrogen) atoms. The molecule has 0 spiro atoms. The van der Waals surface area contributed by atoms with E-state index >= 15 is 0 Å². The molecule has 4 heteroatoms. The summed E-state index contributed by atoms with van der Waals surface area (Å²) in [7, 11) is 0. The molecule has 0 saturated carbocycles. The highest BCUT2D eigenvalue weighted by Gasteiger charge is 2.32. The van der Waals surface area contributed by atoms with Gasteiger partial charge in [-0.05, 0) is 55.7 Å². The Hall–Kier alpha value is -1.55. The summed E-state index contributed by atoms with van der Waals surface area (Å²) >= 11 is 0. The van der Waals surface area contributed by atoms with E-state index in [0.717, 1.165) is 64.0 Å². The van der Waals surface area contributed by atoms with Crippen LogP contribution in [0.3, 0.4) is 0 Å². The van der Waals surface area contributed by atoms with E-state index in [-0.39, 0.29) is 5.91 Å². The van der Waals surface area contributed by atoms with Crippen molar-refractivity contribution in [3.8, 4) is 5.75 Å². The van der Waals surface area contributed by atoms with Gasteiger partial charge in [-0.25, -0.2) is 0 Å². The van der Waals surface area contributed by atoms with Gasteiger partial charge in [-0.2, -0.15) is 0 Å². The van der Waals surface area contributed by atoms with Gasteiger partial charge in [-0.1, -0.05) is 45.7 Å². The number of rotatable bonds is 11. The third-order valence-corrected chi connectivity index (χ3v) is 5.62. The first-order chi connectivity index (χ1) is 13.1. The minimum Gasteiger partial charge on any atom is -0.493 e. The van der Waals surface area contributed by atoms with Crippen LogP contribution in [0, 0.1) is 6.92 Å². The lowest BCUT2D eigenvalue weighted by Gasteiger charge is -2.22. The van der Waals surface area contributed by atoms with Crippen molar-refractivity contribution in [2.24, 2.45) is 0 Å². The number of carbonyl (C=O) groups is 1. The number of likely N-dealkylation sites (tertiary alicyclic amines) is 1. The summed E-state index contributed by atoms with van der Waals surface area (Å²) in [6, 6.07) is 7.12. The Morgan fingerprint density at radius 2 is 2.00 bits per heavy atom. The molecule has 1 saturated heterocycles. The number of nitrogens with one attached hydrogen (secondary N) is 1. The molecule has 1 aliphatic rings. The Balaban J connectivity index is 1.95. The molecule has 2 atom stereocenters. The molecule has 2 rings (SSSR count). The fraction of sp³-hybridized carbons (Fsp3) is 0.696. The van der Waals surface area contributed by atoms with Gasteiger partial charge in [0.2, 0.25) is 5.91 Å². The normalized spacial score (nSPS) is 20.0. The van der Waals surface area contributed by atoms with Gasteiger partial charge in [0, 0.05) is 19.1 Å². The SMILES string of the molecule is CCCCNC(=O)CN1CC(c2ccc(OCCCC)c(C)c2)CC1CC. The zero-order valence-corrected chi connectivity index (χ0v) is 17.7. The molecule has 1 amide bonds. The van der Waals surface area contributed by atoms with Crippen LogP contribution in [-0.4, -0.2) is 43.1 Å². The average Bonchev–Trinajstić information content (AvgIpc) is 3.06. The summed E-state index contributed by atoms with van der Waals surface area (Å²) in [5, 5.41) is 3.05. The van der Waals surface area contributed by atoms with Crippen molar-refractivity contribution in [1.29, 1.82) is 0 Å². The number of unbranched alkanes of at least 4 members (excludes halogenated alkanes) is 2. The van der Waals surface area contributed by atoms with Gasteiger partial charge in [0.15, 0.2) is 0 Å². The summed E-state index contributed by atoms with van der Waals surface area (Å²) in [5.41, 5.74) is 2.59. The molecule has 0 aromatic heterocycles. The van der Waals surface area contributed by atoms with E-state index in [9.17, 15) is 4.79 Å². The maximum atomic E-state index is 12.2. The smallest absolute Gasteiger partial charge is 0.234 e. The van der Waals surface area contributed by atoms with Gasteiger partial charge < -0.3 is 10.1 Å². The zero-order chi connectivity index (χ0) is 19.6. The van der Waals surface area contributed by atoms with Crippen LogP contribution >= 0.6 is 0 Å². The minimum absolute atomic E-state index is 0.165. The van der Waals surface area contributed by atoms with Crippen molar-refractivity contribution in [1.82, 2.24) is 10.2 Å². The molecule has 0 aliphatic carbocycles. The molecular formula is C23H38N2O2. The van der Waals surface area contributed by atoms with Gasteiger partial charge in [0.1, 0.15) is 5.75 Å². The maximum absolute atomic E-state index is 12.2. The lowest BCUT2D eigenvalue weighted by Crippen LogP contribution is -2.40. The Labute approximate surface area is 165 Å². The van der Waals surface area contributed by atoms with E-state index in [2.05, 4.69) is 56.1 Å². The zero-order valence-electron chi connectivity index (χ0n) is 17.7. The van der Waals surface area contributed by atoms with Crippen LogP contribution in [0.25, 0.3) is 0 Å². The van der Waals surface area contributed by atoms with E-state index < -0.39 is 0 Å². The van der Waals surface area contributed by atoms with Gasteiger partial charge in [-0.3, -0.25) is 9.69 Å². The number of hydrogen-bond donors (Lipinski definition) is 1. The molecule has 1 aromatic rings. The molecule has 0 bridgehead atoms. The highest BCUT2D eigenvalue weighted by molar-refractivity contribution is 5.78. The molecular weight excluding hydrogens is 336 g/mol. The predicted octanol–water partition coefficient (Wildman–Crippen LogP) is 4.66. The third kappa shape index (κ3) is 6.53. The van der Waals surface area contributed by atoms with Crippen molar-refractivity contribution in [3.63, 3.8) is 0 Å². The summed E-state index contributed by atoms with van der Waals surface area (Å²) < 4.78 is 5.89. The first kappa shape index (κ1) is 21.7. The highest BCUT2D eigenvalue weighted by Crippen LogP contribution is 2.34. The first-order valence-electron chi connectivity index (χ1n) is 10.8. The van der Waals surface area contributed by atoms with Crippen molar-refractivity contribution in [2.75, 3.05) is 26.2 Å². The largest absolute Gasteiger partial charge is 0.493 e. The Morgan fingerprint density at radius 1 is 1.22 bits per heavy atom. The number of hydrogen-bond acceptors (Lipinski definition) is 3. The lowest BCUT2D eigenvalue weighted by molar-refractivity contribution is -0.122. The first-order valence-corrected chi connectivity index (χ1v) is 10.8. The summed E-state index contributed by atoms with van der Waals surface area (Å²) in [6.07, 6.45) is 6.64. The molecule has 1 heterocycles. The number of ether oxygens (including phenoxy) is 1. The topological polar surface area (TPSA) is 41.6 Å². The number of nitrogens with zero attached hydrogens (tertiary/aromatic N) is 1.